The topological polar surface area (TPSA) is 19.7 Å². The first kappa shape index (κ1) is 47.7. The van der Waals surface area contributed by atoms with E-state index in [0.717, 1.165) is 12.8 Å². The molecule has 4 atom stereocenters. The monoisotopic (exact) mass is 1080 g/mol. The summed E-state index contributed by atoms with van der Waals surface area (Å²) in [5.41, 5.74) is 30.6. The van der Waals surface area contributed by atoms with Crippen molar-refractivity contribution in [3.8, 4) is 45.0 Å². The number of hydrogen-bond acceptors (Lipinski definition) is 0. The molecule has 4 aromatic heterocycles. The molecule has 15 aromatic rings. The van der Waals surface area contributed by atoms with Gasteiger partial charge in [0.15, 0.2) is 0 Å². The number of nitrogens with zero attached hydrogens (tertiary/aromatic N) is 4. The van der Waals surface area contributed by atoms with E-state index in [0.29, 0.717) is 11.8 Å². The molecule has 0 fully saturated rings. The largest absolute Gasteiger partial charge is 0.313 e. The van der Waals surface area contributed by atoms with Crippen LogP contribution in [0.25, 0.3) is 133 Å². The molecule has 400 valence electrons. The minimum absolute atomic E-state index is 0.219. The zero-order chi connectivity index (χ0) is 55.6. The normalized spacial score (nSPS) is 17.3. The second kappa shape index (κ2) is 17.8. The number of fused-ring (bicyclic) bond motifs is 14. The van der Waals surface area contributed by atoms with Gasteiger partial charge in [0.05, 0.1) is 38.6 Å². The molecule has 0 N–H and O–H groups in total. The van der Waals surface area contributed by atoms with Crippen LogP contribution in [0.15, 0.2) is 237 Å². The molecular formula is C80H60N4. The lowest BCUT2D eigenvalue weighted by Gasteiger charge is -2.42. The van der Waals surface area contributed by atoms with E-state index in [1.807, 2.05) is 0 Å². The molecule has 0 aliphatic heterocycles. The SMILES string of the molecule is CC1c2cc3c4c(n(-c5ccccc5)c3c3c2-c2c(cc5c6cc(-c7ccc8c(c7)c7ccccc7n8-c7ccccc7)ccc6n(-c6ccccc6)c5c2C(C)C3C)C1C)CCC(c1ccc2c(c1)c1ccccc1n2-c1ccccc1)=C4. The third-order valence-corrected chi connectivity index (χ3v) is 20.3. The second-order valence-corrected chi connectivity index (χ2v) is 24.4. The number of hydrogen-bond donors (Lipinski definition) is 0. The van der Waals surface area contributed by atoms with Crippen molar-refractivity contribution in [1.29, 1.82) is 0 Å². The van der Waals surface area contributed by atoms with Gasteiger partial charge in [-0.25, -0.2) is 0 Å². The summed E-state index contributed by atoms with van der Waals surface area (Å²) < 4.78 is 10.1. The molecule has 3 aliphatic rings. The van der Waals surface area contributed by atoms with Gasteiger partial charge in [-0.2, -0.15) is 0 Å². The second-order valence-electron chi connectivity index (χ2n) is 24.4. The molecule has 0 amide bonds. The molecule has 84 heavy (non-hydrogen) atoms. The number of allylic oxidation sites excluding steroid dienone is 1. The van der Waals surface area contributed by atoms with Gasteiger partial charge in [-0.05, 0) is 207 Å². The smallest absolute Gasteiger partial charge is 0.0582 e. The highest BCUT2D eigenvalue weighted by Gasteiger charge is 2.43. The molecule has 4 nitrogen and oxygen atoms in total. The van der Waals surface area contributed by atoms with Crippen LogP contribution < -0.4 is 0 Å². The van der Waals surface area contributed by atoms with E-state index in [-0.39, 0.29) is 11.8 Å². The molecule has 0 bridgehead atoms. The number of para-hydroxylation sites is 6. The lowest BCUT2D eigenvalue weighted by atomic mass is 9.62. The first-order valence-electron chi connectivity index (χ1n) is 30.3. The summed E-state index contributed by atoms with van der Waals surface area (Å²) in [7, 11) is 0. The molecule has 0 radical (unpaired) electrons. The van der Waals surface area contributed by atoms with Crippen LogP contribution in [0.4, 0.5) is 0 Å². The minimum atomic E-state index is 0.219. The molecule has 11 aromatic carbocycles. The summed E-state index contributed by atoms with van der Waals surface area (Å²) in [6.07, 6.45) is 4.51. The average Bonchev–Trinajstić information content (AvgIpc) is 2.14. The van der Waals surface area contributed by atoms with Crippen molar-refractivity contribution in [3.63, 3.8) is 0 Å². The van der Waals surface area contributed by atoms with Crippen molar-refractivity contribution in [2.75, 3.05) is 0 Å². The van der Waals surface area contributed by atoms with Gasteiger partial charge >= 0.3 is 0 Å². The predicted octanol–water partition coefficient (Wildman–Crippen LogP) is 21.2. The Morgan fingerprint density at radius 2 is 0.679 bits per heavy atom. The fourth-order valence-corrected chi connectivity index (χ4v) is 16.1. The van der Waals surface area contributed by atoms with Gasteiger partial charge in [0.1, 0.15) is 0 Å². The van der Waals surface area contributed by atoms with Crippen LogP contribution in [0, 0.1) is 0 Å². The fourth-order valence-electron chi connectivity index (χ4n) is 16.1. The van der Waals surface area contributed by atoms with E-state index in [1.54, 1.807) is 0 Å². The van der Waals surface area contributed by atoms with Gasteiger partial charge < -0.3 is 18.3 Å². The zero-order valence-corrected chi connectivity index (χ0v) is 47.6. The summed E-state index contributed by atoms with van der Waals surface area (Å²) in [5, 5.41) is 9.16. The first-order chi connectivity index (χ1) is 41.4. The molecule has 3 aliphatic carbocycles. The van der Waals surface area contributed by atoms with Gasteiger partial charge in [0.25, 0.3) is 0 Å². The summed E-state index contributed by atoms with van der Waals surface area (Å²) in [6.45, 7) is 10.1. The summed E-state index contributed by atoms with van der Waals surface area (Å²) in [5.74, 6) is 1.04. The Bertz CT molecular complexity index is 5300. The zero-order valence-electron chi connectivity index (χ0n) is 47.6. The van der Waals surface area contributed by atoms with Crippen molar-refractivity contribution >= 4 is 88.0 Å². The lowest BCUT2D eigenvalue weighted by Crippen LogP contribution is -2.24. The van der Waals surface area contributed by atoms with Gasteiger partial charge in [-0.1, -0.05) is 155 Å². The quantitative estimate of drug-likeness (QED) is 0.158. The summed E-state index contributed by atoms with van der Waals surface area (Å²) in [6, 6.07) is 88.7. The molecular weight excluding hydrogens is 1020 g/mol. The molecule has 0 saturated heterocycles. The van der Waals surface area contributed by atoms with Crippen LogP contribution in [-0.4, -0.2) is 18.3 Å². The van der Waals surface area contributed by atoms with Crippen molar-refractivity contribution in [3.05, 3.63) is 276 Å². The molecule has 4 heteroatoms. The molecule has 4 heterocycles. The van der Waals surface area contributed by atoms with Crippen LogP contribution in [0.3, 0.4) is 0 Å². The van der Waals surface area contributed by atoms with Gasteiger partial charge in [-0.3, -0.25) is 0 Å². The maximum atomic E-state index is 2.69. The Hall–Kier alpha value is -9.90. The Morgan fingerprint density at radius 1 is 0.298 bits per heavy atom. The number of rotatable bonds is 6. The molecule has 18 rings (SSSR count). The van der Waals surface area contributed by atoms with E-state index in [4.69, 9.17) is 0 Å². The minimum Gasteiger partial charge on any atom is -0.313 e. The Morgan fingerprint density at radius 3 is 1.19 bits per heavy atom. The van der Waals surface area contributed by atoms with E-state index < -0.39 is 0 Å². The van der Waals surface area contributed by atoms with Crippen molar-refractivity contribution in [2.45, 2.75) is 64.2 Å². The van der Waals surface area contributed by atoms with E-state index in [2.05, 4.69) is 289 Å². The van der Waals surface area contributed by atoms with Crippen molar-refractivity contribution < 1.29 is 0 Å². The van der Waals surface area contributed by atoms with E-state index >= 15 is 0 Å². The van der Waals surface area contributed by atoms with Crippen LogP contribution in [0.5, 0.6) is 0 Å². The predicted molar refractivity (Wildman–Crippen MR) is 353 cm³/mol. The van der Waals surface area contributed by atoms with Crippen LogP contribution >= 0.6 is 0 Å². The molecule has 0 saturated carbocycles. The van der Waals surface area contributed by atoms with Crippen LogP contribution in [0.2, 0.25) is 0 Å². The Balaban J connectivity index is 0.861. The average molecular weight is 1080 g/mol. The van der Waals surface area contributed by atoms with Gasteiger partial charge in [0, 0.05) is 71.7 Å². The Labute approximate surface area is 488 Å². The number of aromatic nitrogens is 4. The van der Waals surface area contributed by atoms with Crippen LogP contribution in [-0.2, 0) is 6.42 Å². The highest BCUT2D eigenvalue weighted by molar-refractivity contribution is 6.17. The lowest BCUT2D eigenvalue weighted by molar-refractivity contribution is 0.584. The molecule has 4 unspecified atom stereocenters. The maximum Gasteiger partial charge on any atom is 0.0582 e. The first-order valence-corrected chi connectivity index (χ1v) is 30.3. The van der Waals surface area contributed by atoms with E-state index in [1.165, 1.54) is 166 Å². The van der Waals surface area contributed by atoms with Crippen molar-refractivity contribution in [1.82, 2.24) is 18.3 Å². The van der Waals surface area contributed by atoms with Gasteiger partial charge in [0.2, 0.25) is 0 Å². The van der Waals surface area contributed by atoms with Gasteiger partial charge in [-0.15, -0.1) is 0 Å². The third-order valence-electron chi connectivity index (χ3n) is 20.3. The summed E-state index contributed by atoms with van der Waals surface area (Å²) >= 11 is 0. The summed E-state index contributed by atoms with van der Waals surface area (Å²) in [4.78, 5) is 0. The maximum absolute atomic E-state index is 2.69. The fraction of sp³-hybridized carbons (Fsp3) is 0.125. The highest BCUT2D eigenvalue weighted by atomic mass is 15.0. The van der Waals surface area contributed by atoms with E-state index in [9.17, 15) is 0 Å². The van der Waals surface area contributed by atoms with Crippen molar-refractivity contribution in [2.24, 2.45) is 0 Å². The Kier molecular flexibility index (Phi) is 10.1. The standard InChI is InChI=1S/C80H60N4/c1-47-48(2)62-46-68-66-44-54(52-34-38-72-64(42-52)60-30-18-20-32-70(60)82(72)56-23-11-6-12-24-56)36-40-74(66)84(58-27-15-8-16-28-58)80(68)76-50(4)49(3)75-77(78(62)76)61(47)45-67-65-43-53(35-39-73(65)83(79(67)75)57-25-13-7-14-26-57)51-33-37-71-63(41-51)59-29-17-19-31-69(59)81(71)55-21-9-5-10-22-55/h5-35,37-39,41-50H,36,40H2,1-4H3. The molecule has 0 spiro atoms. The third kappa shape index (κ3) is 6.54. The number of benzene rings is 11. The van der Waals surface area contributed by atoms with Crippen LogP contribution in [0.1, 0.15) is 96.9 Å². The highest BCUT2D eigenvalue weighted by Crippen LogP contribution is 2.62.